The number of amides is 1. The standard InChI is InChI=1S/C16H18Cl2N4O/c1-2-3-4-9-19-15-8-7-13(21-22-15)16(23)20-14-10-11(17)5-6-12(14)18/h5-8,10H,2-4,9H2,1H3,(H,19,22)(H,20,23). The van der Waals surface area contributed by atoms with Crippen molar-refractivity contribution in [2.75, 3.05) is 17.2 Å². The first-order chi connectivity index (χ1) is 11.1. The lowest BCUT2D eigenvalue weighted by Crippen LogP contribution is -2.15. The molecule has 1 aromatic carbocycles. The molecule has 2 rings (SSSR count). The van der Waals surface area contributed by atoms with Crippen molar-refractivity contribution in [2.24, 2.45) is 0 Å². The molecule has 23 heavy (non-hydrogen) atoms. The zero-order valence-electron chi connectivity index (χ0n) is 12.8. The molecule has 0 fully saturated rings. The second-order valence-electron chi connectivity index (χ2n) is 5.02. The average molecular weight is 353 g/mol. The first-order valence-corrected chi connectivity index (χ1v) is 8.19. The fraction of sp³-hybridized carbons (Fsp3) is 0.312. The predicted molar refractivity (Wildman–Crippen MR) is 94.5 cm³/mol. The SMILES string of the molecule is CCCCCNc1ccc(C(=O)Nc2cc(Cl)ccc2Cl)nn1. The van der Waals surface area contributed by atoms with Crippen LogP contribution in [-0.4, -0.2) is 22.6 Å². The summed E-state index contributed by atoms with van der Waals surface area (Å²) in [5, 5.41) is 14.7. The van der Waals surface area contributed by atoms with E-state index >= 15 is 0 Å². The molecule has 122 valence electrons. The van der Waals surface area contributed by atoms with Gasteiger partial charge in [-0.25, -0.2) is 0 Å². The van der Waals surface area contributed by atoms with Crippen molar-refractivity contribution in [1.82, 2.24) is 10.2 Å². The molecule has 0 radical (unpaired) electrons. The summed E-state index contributed by atoms with van der Waals surface area (Å²) in [6.45, 7) is 2.99. The molecule has 0 bridgehead atoms. The van der Waals surface area contributed by atoms with Crippen LogP contribution in [0.2, 0.25) is 10.0 Å². The Morgan fingerprint density at radius 2 is 1.96 bits per heavy atom. The molecule has 0 saturated heterocycles. The molecule has 0 aliphatic heterocycles. The minimum atomic E-state index is -0.390. The highest BCUT2D eigenvalue weighted by atomic mass is 35.5. The molecule has 0 atom stereocenters. The highest BCUT2D eigenvalue weighted by Gasteiger charge is 2.11. The van der Waals surface area contributed by atoms with Gasteiger partial charge in [0.1, 0.15) is 5.82 Å². The minimum Gasteiger partial charge on any atom is -0.369 e. The van der Waals surface area contributed by atoms with Crippen LogP contribution in [0.4, 0.5) is 11.5 Å². The molecule has 0 unspecified atom stereocenters. The Bertz CT molecular complexity index is 662. The number of anilines is 2. The Morgan fingerprint density at radius 3 is 2.65 bits per heavy atom. The van der Waals surface area contributed by atoms with Crippen LogP contribution in [0, 0.1) is 0 Å². The monoisotopic (exact) mass is 352 g/mol. The molecular weight excluding hydrogens is 335 g/mol. The third kappa shape index (κ3) is 5.37. The van der Waals surface area contributed by atoms with Crippen LogP contribution in [-0.2, 0) is 0 Å². The largest absolute Gasteiger partial charge is 0.369 e. The van der Waals surface area contributed by atoms with Crippen LogP contribution in [0.5, 0.6) is 0 Å². The van der Waals surface area contributed by atoms with E-state index in [1.165, 1.54) is 12.8 Å². The van der Waals surface area contributed by atoms with E-state index in [2.05, 4.69) is 27.8 Å². The highest BCUT2D eigenvalue weighted by Crippen LogP contribution is 2.25. The van der Waals surface area contributed by atoms with Crippen molar-refractivity contribution >= 4 is 40.6 Å². The number of hydrogen-bond acceptors (Lipinski definition) is 4. The smallest absolute Gasteiger partial charge is 0.276 e. The van der Waals surface area contributed by atoms with Crippen molar-refractivity contribution in [2.45, 2.75) is 26.2 Å². The van der Waals surface area contributed by atoms with Gasteiger partial charge in [-0.2, -0.15) is 0 Å². The zero-order valence-corrected chi connectivity index (χ0v) is 14.3. The van der Waals surface area contributed by atoms with E-state index in [-0.39, 0.29) is 11.6 Å². The Labute approximate surface area is 145 Å². The summed E-state index contributed by atoms with van der Waals surface area (Å²) in [5.41, 5.74) is 0.646. The average Bonchev–Trinajstić information content (AvgIpc) is 2.55. The van der Waals surface area contributed by atoms with Gasteiger partial charge < -0.3 is 10.6 Å². The van der Waals surface area contributed by atoms with Crippen molar-refractivity contribution in [3.63, 3.8) is 0 Å². The van der Waals surface area contributed by atoms with Crippen molar-refractivity contribution < 1.29 is 4.79 Å². The van der Waals surface area contributed by atoms with Crippen molar-refractivity contribution in [1.29, 1.82) is 0 Å². The summed E-state index contributed by atoms with van der Waals surface area (Å²) in [5.74, 6) is 0.262. The first-order valence-electron chi connectivity index (χ1n) is 7.44. The van der Waals surface area contributed by atoms with Crippen LogP contribution in [0.3, 0.4) is 0 Å². The van der Waals surface area contributed by atoms with Gasteiger partial charge in [0.2, 0.25) is 0 Å². The second kappa shape index (κ2) is 8.70. The second-order valence-corrected chi connectivity index (χ2v) is 5.86. The summed E-state index contributed by atoms with van der Waals surface area (Å²) in [7, 11) is 0. The van der Waals surface area contributed by atoms with Gasteiger partial charge in [0, 0.05) is 11.6 Å². The molecule has 2 aromatic rings. The van der Waals surface area contributed by atoms with Gasteiger partial charge in [0.25, 0.3) is 5.91 Å². The number of rotatable bonds is 7. The van der Waals surface area contributed by atoms with E-state index in [1.807, 2.05) is 0 Å². The van der Waals surface area contributed by atoms with Gasteiger partial charge in [-0.3, -0.25) is 4.79 Å². The number of halogens is 2. The quantitative estimate of drug-likeness (QED) is 0.712. The van der Waals surface area contributed by atoms with Gasteiger partial charge in [-0.1, -0.05) is 43.0 Å². The number of carbonyl (C=O) groups excluding carboxylic acids is 1. The lowest BCUT2D eigenvalue weighted by atomic mass is 10.2. The maximum Gasteiger partial charge on any atom is 0.276 e. The summed E-state index contributed by atoms with van der Waals surface area (Å²) >= 11 is 11.9. The van der Waals surface area contributed by atoms with E-state index in [1.54, 1.807) is 30.3 Å². The summed E-state index contributed by atoms with van der Waals surface area (Å²) < 4.78 is 0. The maximum atomic E-state index is 12.2. The molecule has 0 aliphatic carbocycles. The topological polar surface area (TPSA) is 66.9 Å². The van der Waals surface area contributed by atoms with Crippen LogP contribution in [0.25, 0.3) is 0 Å². The molecule has 0 saturated carbocycles. The molecule has 1 aromatic heterocycles. The van der Waals surface area contributed by atoms with E-state index < -0.39 is 0 Å². The predicted octanol–water partition coefficient (Wildman–Crippen LogP) is 4.64. The molecule has 5 nitrogen and oxygen atoms in total. The Hall–Kier alpha value is -1.85. The third-order valence-electron chi connectivity index (χ3n) is 3.16. The van der Waals surface area contributed by atoms with E-state index in [9.17, 15) is 4.79 Å². The van der Waals surface area contributed by atoms with E-state index in [0.717, 1.165) is 13.0 Å². The molecule has 2 N–H and O–H groups in total. The summed E-state index contributed by atoms with van der Waals surface area (Å²) in [6.07, 6.45) is 3.41. The molecule has 7 heteroatoms. The van der Waals surface area contributed by atoms with Crippen LogP contribution >= 0.6 is 23.2 Å². The highest BCUT2D eigenvalue weighted by molar-refractivity contribution is 6.35. The fourth-order valence-electron chi connectivity index (χ4n) is 1.92. The van der Waals surface area contributed by atoms with Crippen LogP contribution < -0.4 is 10.6 Å². The van der Waals surface area contributed by atoms with Gasteiger partial charge in [0.05, 0.1) is 10.7 Å². The van der Waals surface area contributed by atoms with E-state index in [4.69, 9.17) is 23.2 Å². The van der Waals surface area contributed by atoms with Crippen LogP contribution in [0.15, 0.2) is 30.3 Å². The lowest BCUT2D eigenvalue weighted by molar-refractivity contribution is 0.102. The third-order valence-corrected chi connectivity index (χ3v) is 3.72. The van der Waals surface area contributed by atoms with Gasteiger partial charge in [-0.05, 0) is 36.8 Å². The van der Waals surface area contributed by atoms with E-state index in [0.29, 0.717) is 21.6 Å². The summed E-state index contributed by atoms with van der Waals surface area (Å²) in [4.78, 5) is 12.2. The maximum absolute atomic E-state index is 12.2. The van der Waals surface area contributed by atoms with Crippen LogP contribution in [0.1, 0.15) is 36.7 Å². The number of nitrogens with one attached hydrogen (secondary N) is 2. The molecule has 0 spiro atoms. The number of benzene rings is 1. The lowest BCUT2D eigenvalue weighted by Gasteiger charge is -2.08. The van der Waals surface area contributed by atoms with Crippen molar-refractivity contribution in [3.05, 3.63) is 46.1 Å². The molecular formula is C16H18Cl2N4O. The van der Waals surface area contributed by atoms with Gasteiger partial charge in [-0.15, -0.1) is 10.2 Å². The number of unbranched alkanes of at least 4 members (excludes halogenated alkanes) is 2. The number of hydrogen-bond donors (Lipinski definition) is 2. The minimum absolute atomic E-state index is 0.208. The number of carbonyl (C=O) groups is 1. The van der Waals surface area contributed by atoms with Crippen molar-refractivity contribution in [3.8, 4) is 0 Å². The van der Waals surface area contributed by atoms with Gasteiger partial charge >= 0.3 is 0 Å². The fourth-order valence-corrected chi connectivity index (χ4v) is 2.26. The Morgan fingerprint density at radius 1 is 1.13 bits per heavy atom. The number of aromatic nitrogens is 2. The Kier molecular flexibility index (Phi) is 6.62. The molecule has 0 aliphatic rings. The van der Waals surface area contributed by atoms with Gasteiger partial charge in [0.15, 0.2) is 5.69 Å². The molecule has 1 amide bonds. The molecule has 1 heterocycles. The Balaban J connectivity index is 1.96. The zero-order chi connectivity index (χ0) is 16.7. The summed E-state index contributed by atoms with van der Waals surface area (Å²) in [6, 6.07) is 8.20. The normalized spacial score (nSPS) is 10.4. The number of nitrogens with zero attached hydrogens (tertiary/aromatic N) is 2. The first kappa shape index (κ1) is 17.5.